The Morgan fingerprint density at radius 2 is 2.25 bits per heavy atom. The molecule has 1 aliphatic heterocycles. The first kappa shape index (κ1) is 15.3. The van der Waals surface area contributed by atoms with Crippen LogP contribution in [0.2, 0.25) is 0 Å². The van der Waals surface area contributed by atoms with Crippen molar-refractivity contribution in [2.24, 2.45) is 0 Å². The van der Waals surface area contributed by atoms with Gasteiger partial charge in [0.05, 0.1) is 6.10 Å². The van der Waals surface area contributed by atoms with E-state index in [0.29, 0.717) is 12.1 Å². The van der Waals surface area contributed by atoms with E-state index in [0.717, 1.165) is 37.6 Å². The van der Waals surface area contributed by atoms with E-state index in [9.17, 15) is 0 Å². The summed E-state index contributed by atoms with van der Waals surface area (Å²) in [7, 11) is 2.10. The Kier molecular flexibility index (Phi) is 5.38. The molecule has 1 unspecified atom stereocenters. The number of aromatic nitrogens is 1. The van der Waals surface area contributed by atoms with Crippen LogP contribution in [0, 0.1) is 6.92 Å². The summed E-state index contributed by atoms with van der Waals surface area (Å²) >= 11 is 0. The van der Waals surface area contributed by atoms with Crippen molar-refractivity contribution < 1.29 is 4.74 Å². The third-order valence-corrected chi connectivity index (χ3v) is 3.61. The largest absolute Gasteiger partial charge is 0.376 e. The molecule has 1 atom stereocenters. The number of pyridine rings is 1. The molecule has 2 heterocycles. The fourth-order valence-electron chi connectivity index (χ4n) is 2.53. The Hall–Kier alpha value is -1.13. The van der Waals surface area contributed by atoms with E-state index < -0.39 is 0 Å². The Balaban J connectivity index is 2.01. The zero-order chi connectivity index (χ0) is 14.5. The maximum atomic E-state index is 5.70. The lowest BCUT2D eigenvalue weighted by Crippen LogP contribution is -2.29. The Morgan fingerprint density at radius 3 is 2.90 bits per heavy atom. The van der Waals surface area contributed by atoms with Gasteiger partial charge in [0.15, 0.2) is 0 Å². The number of likely N-dealkylation sites (N-methyl/N-ethyl adjacent to an activating group) is 1. The van der Waals surface area contributed by atoms with Crippen LogP contribution in [0.15, 0.2) is 12.1 Å². The van der Waals surface area contributed by atoms with Crippen LogP contribution in [0.3, 0.4) is 0 Å². The molecule has 0 saturated carbocycles. The highest BCUT2D eigenvalue weighted by Crippen LogP contribution is 2.18. The van der Waals surface area contributed by atoms with Crippen molar-refractivity contribution in [2.75, 3.05) is 25.1 Å². The van der Waals surface area contributed by atoms with Crippen molar-refractivity contribution in [1.82, 2.24) is 10.3 Å². The van der Waals surface area contributed by atoms with Crippen LogP contribution >= 0.6 is 0 Å². The van der Waals surface area contributed by atoms with Gasteiger partial charge < -0.3 is 15.0 Å². The highest BCUT2D eigenvalue weighted by atomic mass is 16.5. The number of aryl methyl sites for hydroxylation is 1. The third kappa shape index (κ3) is 4.46. The third-order valence-electron chi connectivity index (χ3n) is 3.61. The summed E-state index contributed by atoms with van der Waals surface area (Å²) in [6, 6.07) is 4.83. The molecule has 1 aromatic rings. The van der Waals surface area contributed by atoms with Gasteiger partial charge in [-0.05, 0) is 37.5 Å². The topological polar surface area (TPSA) is 37.4 Å². The van der Waals surface area contributed by atoms with E-state index in [1.54, 1.807) is 0 Å². The molecular formula is C16H27N3O. The minimum absolute atomic E-state index is 0.361. The molecular weight excluding hydrogens is 250 g/mol. The van der Waals surface area contributed by atoms with E-state index in [-0.39, 0.29) is 0 Å². The fourth-order valence-corrected chi connectivity index (χ4v) is 2.53. The zero-order valence-electron chi connectivity index (χ0n) is 13.1. The summed E-state index contributed by atoms with van der Waals surface area (Å²) < 4.78 is 5.70. The second-order valence-electron chi connectivity index (χ2n) is 6.03. The lowest BCUT2D eigenvalue weighted by atomic mass is 10.2. The van der Waals surface area contributed by atoms with Gasteiger partial charge >= 0.3 is 0 Å². The summed E-state index contributed by atoms with van der Waals surface area (Å²) in [4.78, 5) is 6.86. The second kappa shape index (κ2) is 7.04. The number of hydrogen-bond donors (Lipinski definition) is 1. The molecule has 1 saturated heterocycles. The lowest BCUT2D eigenvalue weighted by Gasteiger charge is -2.23. The number of rotatable bonds is 6. The molecule has 0 bridgehead atoms. The summed E-state index contributed by atoms with van der Waals surface area (Å²) in [5.41, 5.74) is 2.36. The van der Waals surface area contributed by atoms with Gasteiger partial charge in [-0.1, -0.05) is 13.8 Å². The first-order valence-corrected chi connectivity index (χ1v) is 7.58. The van der Waals surface area contributed by atoms with Gasteiger partial charge in [-0.15, -0.1) is 0 Å². The number of hydrogen-bond acceptors (Lipinski definition) is 4. The standard InChI is InChI=1S/C16H27N3O/c1-12(2)17-10-14-8-13(3)18-16(9-14)19(4)11-15-6-5-7-20-15/h8-9,12,15,17H,5-7,10-11H2,1-4H3. The molecule has 1 aliphatic rings. The minimum atomic E-state index is 0.361. The Bertz CT molecular complexity index is 428. The highest BCUT2D eigenvalue weighted by Gasteiger charge is 2.18. The molecule has 1 fully saturated rings. The quantitative estimate of drug-likeness (QED) is 0.867. The van der Waals surface area contributed by atoms with Crippen LogP contribution < -0.4 is 10.2 Å². The molecule has 4 nitrogen and oxygen atoms in total. The monoisotopic (exact) mass is 277 g/mol. The van der Waals surface area contributed by atoms with Crippen LogP contribution in [0.4, 0.5) is 5.82 Å². The van der Waals surface area contributed by atoms with Gasteiger partial charge in [-0.2, -0.15) is 0 Å². The molecule has 0 amide bonds. The first-order valence-electron chi connectivity index (χ1n) is 7.58. The molecule has 112 valence electrons. The van der Waals surface area contributed by atoms with E-state index >= 15 is 0 Å². The van der Waals surface area contributed by atoms with E-state index in [2.05, 4.69) is 55.2 Å². The Labute approximate surface area is 122 Å². The molecule has 0 aliphatic carbocycles. The van der Waals surface area contributed by atoms with E-state index in [4.69, 9.17) is 4.74 Å². The average molecular weight is 277 g/mol. The fraction of sp³-hybridized carbons (Fsp3) is 0.688. The Morgan fingerprint density at radius 1 is 1.45 bits per heavy atom. The number of nitrogens with zero attached hydrogens (tertiary/aromatic N) is 2. The average Bonchev–Trinajstić information content (AvgIpc) is 2.88. The summed E-state index contributed by atoms with van der Waals surface area (Å²) in [5, 5.41) is 3.46. The summed E-state index contributed by atoms with van der Waals surface area (Å²) in [5.74, 6) is 1.04. The number of anilines is 1. The maximum absolute atomic E-state index is 5.70. The van der Waals surface area contributed by atoms with Crippen molar-refractivity contribution in [1.29, 1.82) is 0 Å². The van der Waals surface area contributed by atoms with E-state index in [1.165, 1.54) is 12.0 Å². The van der Waals surface area contributed by atoms with Crippen LogP contribution in [0.1, 0.15) is 37.9 Å². The van der Waals surface area contributed by atoms with Crippen LogP contribution in [0.25, 0.3) is 0 Å². The molecule has 1 aromatic heterocycles. The molecule has 4 heteroatoms. The summed E-state index contributed by atoms with van der Waals surface area (Å²) in [6.45, 7) is 9.11. The normalized spacial score (nSPS) is 18.8. The molecule has 0 aromatic carbocycles. The summed E-state index contributed by atoms with van der Waals surface area (Å²) in [6.07, 6.45) is 2.71. The molecule has 0 radical (unpaired) electrons. The lowest BCUT2D eigenvalue weighted by molar-refractivity contribution is 0.116. The van der Waals surface area contributed by atoms with Gasteiger partial charge in [-0.25, -0.2) is 4.98 Å². The minimum Gasteiger partial charge on any atom is -0.376 e. The molecule has 1 N–H and O–H groups in total. The molecule has 2 rings (SSSR count). The van der Waals surface area contributed by atoms with Crippen molar-refractivity contribution in [3.05, 3.63) is 23.4 Å². The van der Waals surface area contributed by atoms with Crippen molar-refractivity contribution in [3.8, 4) is 0 Å². The molecule has 20 heavy (non-hydrogen) atoms. The van der Waals surface area contributed by atoms with Crippen LogP contribution in [-0.2, 0) is 11.3 Å². The van der Waals surface area contributed by atoms with Crippen molar-refractivity contribution in [3.63, 3.8) is 0 Å². The van der Waals surface area contributed by atoms with Crippen molar-refractivity contribution >= 4 is 5.82 Å². The highest BCUT2D eigenvalue weighted by molar-refractivity contribution is 5.42. The SMILES string of the molecule is Cc1cc(CNC(C)C)cc(N(C)CC2CCCO2)n1. The van der Waals surface area contributed by atoms with Crippen LogP contribution in [0.5, 0.6) is 0 Å². The van der Waals surface area contributed by atoms with Gasteiger partial charge in [0.25, 0.3) is 0 Å². The smallest absolute Gasteiger partial charge is 0.128 e. The van der Waals surface area contributed by atoms with E-state index in [1.807, 2.05) is 0 Å². The predicted octanol–water partition coefficient (Wildman–Crippen LogP) is 2.50. The van der Waals surface area contributed by atoms with Gasteiger partial charge in [0.2, 0.25) is 0 Å². The van der Waals surface area contributed by atoms with Crippen molar-refractivity contribution in [2.45, 2.75) is 52.3 Å². The first-order chi connectivity index (χ1) is 9.54. The van der Waals surface area contributed by atoms with Crippen LogP contribution in [-0.4, -0.2) is 37.3 Å². The predicted molar refractivity (Wildman–Crippen MR) is 83.2 cm³/mol. The molecule has 0 spiro atoms. The van der Waals surface area contributed by atoms with Gasteiger partial charge in [-0.3, -0.25) is 0 Å². The maximum Gasteiger partial charge on any atom is 0.128 e. The zero-order valence-corrected chi connectivity index (χ0v) is 13.1. The number of ether oxygens (including phenoxy) is 1. The second-order valence-corrected chi connectivity index (χ2v) is 6.03. The number of nitrogens with one attached hydrogen (secondary N) is 1. The van der Waals surface area contributed by atoms with Gasteiger partial charge in [0.1, 0.15) is 5.82 Å². The van der Waals surface area contributed by atoms with Gasteiger partial charge in [0, 0.05) is 38.5 Å².